The van der Waals surface area contributed by atoms with Gasteiger partial charge >= 0.3 is 11.9 Å². The molecule has 4 amide bonds. The first-order chi connectivity index (χ1) is 32.9. The number of hydrogen-bond donors (Lipinski definition) is 7. The van der Waals surface area contributed by atoms with E-state index >= 15 is 0 Å². The van der Waals surface area contributed by atoms with Gasteiger partial charge in [0.2, 0.25) is 23.6 Å². The van der Waals surface area contributed by atoms with Gasteiger partial charge < -0.3 is 55.4 Å². The van der Waals surface area contributed by atoms with Crippen LogP contribution >= 0.6 is 0 Å². The molecule has 20 heteroatoms. The zero-order valence-electron chi connectivity index (χ0n) is 40.8. The van der Waals surface area contributed by atoms with E-state index in [4.69, 9.17) is 24.7 Å². The van der Waals surface area contributed by atoms with Gasteiger partial charge in [-0.15, -0.1) is 0 Å². The summed E-state index contributed by atoms with van der Waals surface area (Å²) in [6.45, 7) is 3.75. The molecule has 0 saturated carbocycles. The molecule has 20 nitrogen and oxygen atoms in total. The summed E-state index contributed by atoms with van der Waals surface area (Å²) in [5.41, 5.74) is 8.65. The number of ether oxygens (including phenoxy) is 4. The van der Waals surface area contributed by atoms with Crippen LogP contribution in [0.15, 0.2) is 12.5 Å². The lowest BCUT2D eigenvalue weighted by Crippen LogP contribution is -2.41. The number of aliphatic carboxylic acids is 2. The third-order valence-corrected chi connectivity index (χ3v) is 11.1. The van der Waals surface area contributed by atoms with E-state index in [0.29, 0.717) is 31.5 Å². The third-order valence-electron chi connectivity index (χ3n) is 11.1. The first-order valence-corrected chi connectivity index (χ1v) is 25.0. The fourth-order valence-electron chi connectivity index (χ4n) is 7.11. The van der Waals surface area contributed by atoms with Gasteiger partial charge in [0.25, 0.3) is 0 Å². The summed E-state index contributed by atoms with van der Waals surface area (Å²) >= 11 is 0. The SMILES string of the molecule is CCCCCCCCCCCCCCCCCC(=O)N[C@@H](CCC(=O)NCCOCCOCC(=O)NCCOCCOCC(=O)NCCCC[C@H](CC(=O)[C@@H]([NH])Cc1cnc[nH]1)C(=O)O)C(=O)O. The van der Waals surface area contributed by atoms with Gasteiger partial charge in [-0.1, -0.05) is 103 Å². The third kappa shape index (κ3) is 36.5. The van der Waals surface area contributed by atoms with Crippen LogP contribution in [0.1, 0.15) is 154 Å². The van der Waals surface area contributed by atoms with Crippen molar-refractivity contribution in [3.05, 3.63) is 18.2 Å². The maximum absolute atomic E-state index is 12.4. The summed E-state index contributed by atoms with van der Waals surface area (Å²) in [6, 6.07) is -2.20. The number of nitrogens with one attached hydrogen (secondary N) is 6. The quantitative estimate of drug-likeness (QED) is 0.0444. The van der Waals surface area contributed by atoms with Gasteiger partial charge in [-0.25, -0.2) is 15.5 Å². The van der Waals surface area contributed by atoms with Crippen molar-refractivity contribution in [2.24, 2.45) is 5.92 Å². The Morgan fingerprint density at radius 1 is 0.588 bits per heavy atom. The first kappa shape index (κ1) is 61.5. The average Bonchev–Trinajstić information content (AvgIpc) is 3.83. The van der Waals surface area contributed by atoms with Crippen LogP contribution in [0.3, 0.4) is 0 Å². The number of hydrogen-bond acceptors (Lipinski definition) is 12. The minimum atomic E-state index is -1.18. The van der Waals surface area contributed by atoms with Crippen molar-refractivity contribution in [3.63, 3.8) is 0 Å². The molecule has 0 aliphatic carbocycles. The highest BCUT2D eigenvalue weighted by atomic mass is 16.5. The summed E-state index contributed by atoms with van der Waals surface area (Å²) in [5.74, 6) is -4.95. The predicted octanol–water partition coefficient (Wildman–Crippen LogP) is 4.46. The topological polar surface area (TPSA) is 297 Å². The standard InChI is InChI=1S/C48H84N7O13/c1-2-3-4-5-6-7-8-9-10-11-12-13-14-15-16-20-44(58)55-41(48(63)64)21-22-43(57)52-24-26-65-28-31-68-36-46(60)53-25-27-66-29-30-67-35-45(59)51-23-18-17-19-38(47(61)62)32-42(56)40(49)33-39-34-50-37-54-39/h34,37-38,40-41,49H,2-33,35-36H2,1H3,(H,50,54)(H,51,59)(H,52,57)(H,53,60)(H,55,58)(H,61,62)(H,63,64)/t38-,40+,41+/m1/s1. The molecule has 0 unspecified atom stereocenters. The number of unbranched alkanes of at least 4 members (excludes halogenated alkanes) is 15. The Morgan fingerprint density at radius 2 is 1.10 bits per heavy atom. The number of rotatable bonds is 48. The van der Waals surface area contributed by atoms with E-state index in [-0.39, 0.29) is 128 Å². The summed E-state index contributed by atoms with van der Waals surface area (Å²) in [5, 5.41) is 29.6. The van der Waals surface area contributed by atoms with Crippen molar-refractivity contribution in [2.45, 2.75) is 167 Å². The smallest absolute Gasteiger partial charge is 0.326 e. The van der Waals surface area contributed by atoms with Crippen molar-refractivity contribution in [1.29, 1.82) is 0 Å². The number of aromatic nitrogens is 2. The molecule has 0 aliphatic heterocycles. The molecule has 68 heavy (non-hydrogen) atoms. The molecular formula is C48H84N7O13. The molecule has 1 rings (SSSR count). The van der Waals surface area contributed by atoms with Gasteiger partial charge in [0.1, 0.15) is 19.3 Å². The van der Waals surface area contributed by atoms with Gasteiger partial charge in [-0.3, -0.25) is 28.8 Å². The number of nitrogens with zero attached hydrogens (tertiary/aromatic N) is 1. The number of carboxylic acid groups (broad SMARTS) is 2. The van der Waals surface area contributed by atoms with E-state index in [0.717, 1.165) is 19.3 Å². The lowest BCUT2D eigenvalue weighted by atomic mass is 9.92. The van der Waals surface area contributed by atoms with Crippen LogP contribution < -0.4 is 27.0 Å². The molecule has 1 radical (unpaired) electrons. The van der Waals surface area contributed by atoms with Crippen LogP contribution in [-0.4, -0.2) is 146 Å². The number of carbonyl (C=O) groups excluding carboxylic acids is 5. The number of aromatic amines is 1. The first-order valence-electron chi connectivity index (χ1n) is 25.0. The van der Waals surface area contributed by atoms with Crippen LogP contribution in [0.4, 0.5) is 0 Å². The Morgan fingerprint density at radius 3 is 1.62 bits per heavy atom. The molecule has 0 saturated heterocycles. The molecule has 8 N–H and O–H groups in total. The van der Waals surface area contributed by atoms with Crippen molar-refractivity contribution < 1.29 is 62.7 Å². The Kier molecular flexibility index (Phi) is 38.5. The van der Waals surface area contributed by atoms with Crippen LogP contribution in [0.2, 0.25) is 0 Å². The number of amides is 4. The van der Waals surface area contributed by atoms with Gasteiger partial charge in [0.05, 0.1) is 57.9 Å². The molecule has 0 aromatic carbocycles. The Balaban J connectivity index is 1.93. The molecule has 0 fully saturated rings. The molecular weight excluding hydrogens is 883 g/mol. The van der Waals surface area contributed by atoms with E-state index in [2.05, 4.69) is 38.2 Å². The molecule has 0 spiro atoms. The number of carboxylic acids is 2. The fraction of sp³-hybridized carbons (Fsp3) is 0.792. The molecule has 1 heterocycles. The van der Waals surface area contributed by atoms with Crippen molar-refractivity contribution in [3.8, 4) is 0 Å². The van der Waals surface area contributed by atoms with Crippen molar-refractivity contribution in [2.75, 3.05) is 72.5 Å². The number of ketones is 1. The van der Waals surface area contributed by atoms with Crippen molar-refractivity contribution in [1.82, 2.24) is 37.0 Å². The maximum Gasteiger partial charge on any atom is 0.326 e. The summed E-state index contributed by atoms with van der Waals surface area (Å²) in [6.07, 6.45) is 22.7. The minimum absolute atomic E-state index is 0.0218. The zero-order valence-corrected chi connectivity index (χ0v) is 40.8. The normalized spacial score (nSPS) is 12.5. The van der Waals surface area contributed by atoms with Crippen LogP contribution in [0, 0.1) is 5.92 Å². The highest BCUT2D eigenvalue weighted by Gasteiger charge is 2.25. The number of carbonyl (C=O) groups is 7. The fourth-order valence-corrected chi connectivity index (χ4v) is 7.11. The Bertz CT molecular complexity index is 1500. The van der Waals surface area contributed by atoms with E-state index in [9.17, 15) is 43.8 Å². The molecule has 389 valence electrons. The lowest BCUT2D eigenvalue weighted by Gasteiger charge is -2.14. The molecule has 3 atom stereocenters. The van der Waals surface area contributed by atoms with Crippen LogP contribution in [-0.2, 0) is 58.9 Å². The highest BCUT2D eigenvalue weighted by Crippen LogP contribution is 2.16. The number of imidazole rings is 1. The van der Waals surface area contributed by atoms with Crippen LogP contribution in [0.25, 0.3) is 0 Å². The summed E-state index contributed by atoms with van der Waals surface area (Å²) in [4.78, 5) is 90.9. The Hall–Kier alpha value is -4.50. The number of Topliss-reactive ketones (excluding diaryl/α,β-unsaturated/α-hetero) is 1. The van der Waals surface area contributed by atoms with Gasteiger partial charge in [-0.2, -0.15) is 0 Å². The second-order valence-electron chi connectivity index (χ2n) is 17.1. The molecule has 0 aliphatic rings. The second-order valence-corrected chi connectivity index (χ2v) is 17.1. The summed E-state index contributed by atoms with van der Waals surface area (Å²) < 4.78 is 21.4. The molecule has 1 aromatic rings. The van der Waals surface area contributed by atoms with E-state index in [1.165, 1.54) is 83.2 Å². The maximum atomic E-state index is 12.4. The van der Waals surface area contributed by atoms with E-state index < -0.39 is 35.7 Å². The van der Waals surface area contributed by atoms with Gasteiger partial charge in [-0.05, 0) is 25.7 Å². The summed E-state index contributed by atoms with van der Waals surface area (Å²) in [7, 11) is 0. The average molecular weight is 967 g/mol. The van der Waals surface area contributed by atoms with Gasteiger partial charge in [0, 0.05) is 57.2 Å². The van der Waals surface area contributed by atoms with Crippen molar-refractivity contribution >= 4 is 41.4 Å². The van der Waals surface area contributed by atoms with E-state index in [1.54, 1.807) is 0 Å². The van der Waals surface area contributed by atoms with Gasteiger partial charge in [0.15, 0.2) is 5.78 Å². The predicted molar refractivity (Wildman–Crippen MR) is 254 cm³/mol. The highest BCUT2D eigenvalue weighted by molar-refractivity contribution is 5.88. The molecule has 1 aromatic heterocycles. The largest absolute Gasteiger partial charge is 0.481 e. The minimum Gasteiger partial charge on any atom is -0.481 e. The zero-order chi connectivity index (χ0) is 49.9. The molecule has 0 bridgehead atoms. The van der Waals surface area contributed by atoms with Crippen LogP contribution in [0.5, 0.6) is 0 Å². The van der Waals surface area contributed by atoms with E-state index in [1.807, 2.05) is 0 Å². The Labute approximate surface area is 403 Å². The second kappa shape index (κ2) is 42.6. The lowest BCUT2D eigenvalue weighted by molar-refractivity contribution is -0.144. The monoisotopic (exact) mass is 967 g/mol. The number of H-pyrrole nitrogens is 1.